The molecule has 0 aliphatic heterocycles. The smallest absolute Gasteiger partial charge is 0.257 e. The van der Waals surface area contributed by atoms with Crippen LogP contribution in [0.3, 0.4) is 0 Å². The van der Waals surface area contributed by atoms with Crippen LogP contribution in [0.5, 0.6) is 0 Å². The average molecular weight is 377 g/mol. The fraction of sp³-hybridized carbons (Fsp3) is 0.182. The van der Waals surface area contributed by atoms with Gasteiger partial charge in [-0.15, -0.1) is 0 Å². The molecule has 4 rings (SSSR count). The summed E-state index contributed by atoms with van der Waals surface area (Å²) >= 11 is 0. The van der Waals surface area contributed by atoms with Crippen molar-refractivity contribution in [3.63, 3.8) is 0 Å². The zero-order valence-corrected chi connectivity index (χ0v) is 15.9. The summed E-state index contributed by atoms with van der Waals surface area (Å²) in [5, 5.41) is 5.22. The summed E-state index contributed by atoms with van der Waals surface area (Å²) in [6.45, 7) is 3.67. The van der Waals surface area contributed by atoms with Crippen LogP contribution in [-0.4, -0.2) is 27.6 Å². The highest BCUT2D eigenvalue weighted by Crippen LogP contribution is 2.28. The molecule has 0 saturated carbocycles. The Hall–Kier alpha value is -3.41. The lowest BCUT2D eigenvalue weighted by molar-refractivity contribution is 0.0726. The third kappa shape index (κ3) is 2.97. The first-order valence-electron chi connectivity index (χ1n) is 9.02. The Morgan fingerprint density at radius 1 is 1.18 bits per heavy atom. The van der Waals surface area contributed by atoms with Crippen LogP contribution >= 0.6 is 0 Å². The van der Waals surface area contributed by atoms with Gasteiger partial charge in [-0.25, -0.2) is 9.07 Å². The van der Waals surface area contributed by atoms with Gasteiger partial charge in [-0.2, -0.15) is 5.10 Å². The Morgan fingerprint density at radius 2 is 1.89 bits per heavy atom. The zero-order valence-electron chi connectivity index (χ0n) is 15.9. The summed E-state index contributed by atoms with van der Waals surface area (Å²) in [6, 6.07) is 15.8. The second-order valence-corrected chi connectivity index (χ2v) is 6.79. The first-order valence-corrected chi connectivity index (χ1v) is 9.02. The van der Waals surface area contributed by atoms with Gasteiger partial charge in [0, 0.05) is 12.4 Å². The highest BCUT2D eigenvalue weighted by molar-refractivity contribution is 5.95. The number of carbonyl (C=O) groups excluding carboxylic acids is 1. The molecule has 1 amide bonds. The first kappa shape index (κ1) is 18.0. The van der Waals surface area contributed by atoms with Gasteiger partial charge in [-0.1, -0.05) is 30.3 Å². The maximum Gasteiger partial charge on any atom is 0.257 e. The van der Waals surface area contributed by atoms with Gasteiger partial charge in [0.1, 0.15) is 22.8 Å². The summed E-state index contributed by atoms with van der Waals surface area (Å²) in [5.74, 6) is 0.112. The molecule has 0 aliphatic carbocycles. The Labute approximate surface area is 162 Å². The molecule has 0 N–H and O–H groups in total. The lowest BCUT2D eigenvalue weighted by Crippen LogP contribution is -2.29. The standard InChI is InChI=1S/C22H20FN3O2/c1-14-17(13-24-26(14)19-10-6-5-9-18(19)23)22(27)25(3)15(2)21-12-16-8-4-7-11-20(16)28-21/h4-13,15H,1-3H3/t15-/m1/s1. The van der Waals surface area contributed by atoms with Crippen molar-refractivity contribution in [2.75, 3.05) is 7.05 Å². The second kappa shape index (κ2) is 6.96. The molecule has 6 heteroatoms. The molecule has 0 radical (unpaired) electrons. The minimum atomic E-state index is -0.392. The van der Waals surface area contributed by atoms with Crippen LogP contribution in [0.2, 0.25) is 0 Å². The van der Waals surface area contributed by atoms with Crippen LogP contribution in [0.25, 0.3) is 16.7 Å². The predicted molar refractivity (Wildman–Crippen MR) is 105 cm³/mol. The summed E-state index contributed by atoms with van der Waals surface area (Å²) in [5.41, 5.74) is 2.10. The molecule has 1 atom stereocenters. The largest absolute Gasteiger partial charge is 0.459 e. The highest BCUT2D eigenvalue weighted by atomic mass is 19.1. The molecule has 0 saturated heterocycles. The van der Waals surface area contributed by atoms with E-state index in [0.29, 0.717) is 22.7 Å². The number of aromatic nitrogens is 2. The molecule has 0 fully saturated rings. The summed E-state index contributed by atoms with van der Waals surface area (Å²) in [7, 11) is 1.72. The van der Waals surface area contributed by atoms with E-state index in [2.05, 4.69) is 5.10 Å². The molecule has 4 aromatic rings. The molecule has 0 unspecified atom stereocenters. The normalized spacial score (nSPS) is 12.3. The van der Waals surface area contributed by atoms with Crippen LogP contribution in [0.15, 0.2) is 65.2 Å². The van der Waals surface area contributed by atoms with Crippen molar-refractivity contribution >= 4 is 16.9 Å². The van der Waals surface area contributed by atoms with Crippen molar-refractivity contribution in [1.82, 2.24) is 14.7 Å². The molecule has 28 heavy (non-hydrogen) atoms. The monoisotopic (exact) mass is 377 g/mol. The van der Waals surface area contributed by atoms with E-state index >= 15 is 0 Å². The van der Waals surface area contributed by atoms with Crippen molar-refractivity contribution < 1.29 is 13.6 Å². The number of hydrogen-bond donors (Lipinski definition) is 0. The van der Waals surface area contributed by atoms with Gasteiger partial charge in [0.2, 0.25) is 0 Å². The van der Waals surface area contributed by atoms with Crippen LogP contribution in [0, 0.1) is 12.7 Å². The highest BCUT2D eigenvalue weighted by Gasteiger charge is 2.25. The van der Waals surface area contributed by atoms with Gasteiger partial charge in [-0.3, -0.25) is 4.79 Å². The number of fused-ring (bicyclic) bond motifs is 1. The van der Waals surface area contributed by atoms with Gasteiger partial charge < -0.3 is 9.32 Å². The summed E-state index contributed by atoms with van der Waals surface area (Å²) < 4.78 is 21.4. The first-order chi connectivity index (χ1) is 13.5. The number of para-hydroxylation sites is 2. The Bertz CT molecular complexity index is 1130. The van der Waals surface area contributed by atoms with E-state index in [4.69, 9.17) is 4.42 Å². The number of rotatable bonds is 4. The third-order valence-electron chi connectivity index (χ3n) is 5.08. The molecule has 0 bridgehead atoms. The van der Waals surface area contributed by atoms with Crippen molar-refractivity contribution in [2.45, 2.75) is 19.9 Å². The Balaban J connectivity index is 1.63. The molecule has 2 heterocycles. The summed E-state index contributed by atoms with van der Waals surface area (Å²) in [6.07, 6.45) is 1.48. The number of benzene rings is 2. The van der Waals surface area contributed by atoms with Crippen molar-refractivity contribution in [2.24, 2.45) is 0 Å². The SMILES string of the molecule is Cc1c(C(=O)N(C)[C@H](C)c2cc3ccccc3o2)cnn1-c1ccccc1F. The van der Waals surface area contributed by atoms with Gasteiger partial charge in [0.05, 0.1) is 23.5 Å². The van der Waals surface area contributed by atoms with Gasteiger partial charge >= 0.3 is 0 Å². The number of amides is 1. The van der Waals surface area contributed by atoms with Crippen LogP contribution in [-0.2, 0) is 0 Å². The summed E-state index contributed by atoms with van der Waals surface area (Å²) in [4.78, 5) is 14.7. The maximum atomic E-state index is 14.1. The Morgan fingerprint density at radius 3 is 2.64 bits per heavy atom. The van der Waals surface area contributed by atoms with Crippen LogP contribution in [0.1, 0.15) is 34.8 Å². The van der Waals surface area contributed by atoms with E-state index in [9.17, 15) is 9.18 Å². The van der Waals surface area contributed by atoms with Crippen molar-refractivity contribution in [3.8, 4) is 5.69 Å². The van der Waals surface area contributed by atoms with E-state index in [1.807, 2.05) is 37.3 Å². The molecule has 2 aromatic carbocycles. The lowest BCUT2D eigenvalue weighted by Gasteiger charge is -2.23. The molecule has 5 nitrogen and oxygen atoms in total. The molecule has 2 aromatic heterocycles. The van der Waals surface area contributed by atoms with E-state index < -0.39 is 5.82 Å². The Kier molecular flexibility index (Phi) is 4.47. The van der Waals surface area contributed by atoms with Crippen LogP contribution in [0.4, 0.5) is 4.39 Å². The lowest BCUT2D eigenvalue weighted by atomic mass is 10.1. The molecule has 0 aliphatic rings. The fourth-order valence-electron chi connectivity index (χ4n) is 3.25. The van der Waals surface area contributed by atoms with E-state index in [-0.39, 0.29) is 11.9 Å². The van der Waals surface area contributed by atoms with Crippen LogP contribution < -0.4 is 0 Å². The fourth-order valence-corrected chi connectivity index (χ4v) is 3.25. The van der Waals surface area contributed by atoms with Crippen molar-refractivity contribution in [1.29, 1.82) is 0 Å². The zero-order chi connectivity index (χ0) is 19.8. The van der Waals surface area contributed by atoms with E-state index in [1.54, 1.807) is 37.1 Å². The number of furan rings is 1. The molecular weight excluding hydrogens is 357 g/mol. The number of halogens is 1. The van der Waals surface area contributed by atoms with Gasteiger partial charge in [0.15, 0.2) is 0 Å². The topological polar surface area (TPSA) is 51.3 Å². The number of nitrogens with zero attached hydrogens (tertiary/aromatic N) is 3. The number of hydrogen-bond acceptors (Lipinski definition) is 3. The molecule has 142 valence electrons. The maximum absolute atomic E-state index is 14.1. The van der Waals surface area contributed by atoms with Gasteiger partial charge in [-0.05, 0) is 38.1 Å². The predicted octanol–water partition coefficient (Wildman–Crippen LogP) is 4.90. The second-order valence-electron chi connectivity index (χ2n) is 6.79. The van der Waals surface area contributed by atoms with E-state index in [1.165, 1.54) is 16.9 Å². The number of carbonyl (C=O) groups is 1. The minimum Gasteiger partial charge on any atom is -0.459 e. The van der Waals surface area contributed by atoms with E-state index in [0.717, 1.165) is 11.0 Å². The molecular formula is C22H20FN3O2. The minimum absolute atomic E-state index is 0.201. The quantitative estimate of drug-likeness (QED) is 0.508. The van der Waals surface area contributed by atoms with Crippen molar-refractivity contribution in [3.05, 3.63) is 83.6 Å². The molecule has 0 spiro atoms. The third-order valence-corrected chi connectivity index (χ3v) is 5.08. The van der Waals surface area contributed by atoms with Gasteiger partial charge in [0.25, 0.3) is 5.91 Å². The average Bonchev–Trinajstić information content (AvgIpc) is 3.30.